The van der Waals surface area contributed by atoms with E-state index in [4.69, 9.17) is 42.9 Å². The SMILES string of the molecule is CC(C)Nc1cc(COc2c(Cl)cc(NC(=O)CC(=O)O)cc2Cl)cc(C(F)(F)F)c1.Cc1cc(COc2c(Br)cc(CC(=O)O)cc2Br)cc(NC(C)C)c1. The van der Waals surface area contributed by atoms with Crippen LogP contribution in [0.3, 0.4) is 0 Å². The number of carbonyl (C=O) groups excluding carboxylic acids is 1. The van der Waals surface area contributed by atoms with Crippen LogP contribution < -0.4 is 25.4 Å². The Morgan fingerprint density at radius 1 is 0.696 bits per heavy atom. The minimum atomic E-state index is -4.53. The molecule has 4 aromatic rings. The lowest BCUT2D eigenvalue weighted by atomic mass is 10.1. The predicted octanol–water partition coefficient (Wildman–Crippen LogP) is 11.4. The van der Waals surface area contributed by atoms with Gasteiger partial charge in [0.1, 0.15) is 25.4 Å². The van der Waals surface area contributed by atoms with E-state index < -0.39 is 36.0 Å². The molecule has 0 aromatic heterocycles. The van der Waals surface area contributed by atoms with Gasteiger partial charge in [0, 0.05) is 29.1 Å². The van der Waals surface area contributed by atoms with Gasteiger partial charge in [-0.3, -0.25) is 14.4 Å². The van der Waals surface area contributed by atoms with Crippen molar-refractivity contribution in [2.24, 2.45) is 0 Å². The van der Waals surface area contributed by atoms with Crippen LogP contribution in [0, 0.1) is 6.92 Å². The summed E-state index contributed by atoms with van der Waals surface area (Å²) >= 11 is 19.2. The van der Waals surface area contributed by atoms with Gasteiger partial charge in [-0.2, -0.15) is 13.2 Å². The van der Waals surface area contributed by atoms with Crippen LogP contribution in [0.15, 0.2) is 69.6 Å². The predicted molar refractivity (Wildman–Crippen MR) is 219 cm³/mol. The van der Waals surface area contributed by atoms with Gasteiger partial charge in [-0.05, 0) is 143 Å². The van der Waals surface area contributed by atoms with E-state index in [1.165, 1.54) is 23.8 Å². The molecule has 4 rings (SSSR count). The first-order valence-corrected chi connectivity index (χ1v) is 19.2. The van der Waals surface area contributed by atoms with Gasteiger partial charge in [0.05, 0.1) is 31.0 Å². The zero-order valence-electron chi connectivity index (χ0n) is 30.8. The second kappa shape index (κ2) is 20.8. The fourth-order valence-corrected chi connectivity index (χ4v) is 7.27. The Morgan fingerprint density at radius 3 is 1.68 bits per heavy atom. The van der Waals surface area contributed by atoms with Crippen LogP contribution in [0.25, 0.3) is 0 Å². The second-order valence-electron chi connectivity index (χ2n) is 13.1. The summed E-state index contributed by atoms with van der Waals surface area (Å²) in [5, 5.41) is 26.2. The Morgan fingerprint density at radius 2 is 1.20 bits per heavy atom. The molecule has 0 fully saturated rings. The third kappa shape index (κ3) is 15.4. The fourth-order valence-electron chi connectivity index (χ4n) is 5.17. The lowest BCUT2D eigenvalue weighted by Gasteiger charge is -2.17. The van der Waals surface area contributed by atoms with Gasteiger partial charge in [0.2, 0.25) is 5.91 Å². The van der Waals surface area contributed by atoms with Gasteiger partial charge in [0.15, 0.2) is 5.75 Å². The number of carboxylic acids is 2. The minimum absolute atomic E-state index is 0.00868. The molecule has 0 radical (unpaired) electrons. The van der Waals surface area contributed by atoms with E-state index in [2.05, 4.69) is 86.8 Å². The first-order chi connectivity index (χ1) is 26.1. The molecular weight excluding hydrogens is 910 g/mol. The van der Waals surface area contributed by atoms with E-state index in [0.29, 0.717) is 24.0 Å². The first-order valence-electron chi connectivity index (χ1n) is 16.9. The summed E-state index contributed by atoms with van der Waals surface area (Å²) in [6.07, 6.45) is -5.30. The molecule has 0 aliphatic heterocycles. The number of ether oxygens (including phenoxy) is 2. The van der Waals surface area contributed by atoms with Crippen LogP contribution in [-0.2, 0) is 40.2 Å². The van der Waals surface area contributed by atoms with Crippen molar-refractivity contribution in [3.05, 3.63) is 107 Å². The van der Waals surface area contributed by atoms with Crippen LogP contribution >= 0.6 is 55.1 Å². The lowest BCUT2D eigenvalue weighted by molar-refractivity contribution is -0.140. The Kier molecular flexibility index (Phi) is 17.2. The normalized spacial score (nSPS) is 11.1. The monoisotopic (exact) mass is 947 g/mol. The maximum absolute atomic E-state index is 13.2. The lowest BCUT2D eigenvalue weighted by Crippen LogP contribution is -2.16. The number of alkyl halides is 3. The maximum Gasteiger partial charge on any atom is 0.416 e. The summed E-state index contributed by atoms with van der Waals surface area (Å²) in [6.45, 7) is 10.0. The van der Waals surface area contributed by atoms with E-state index >= 15 is 0 Å². The van der Waals surface area contributed by atoms with Gasteiger partial charge in [-0.25, -0.2) is 0 Å². The number of benzene rings is 4. The van der Waals surface area contributed by atoms with Crippen LogP contribution in [-0.4, -0.2) is 40.1 Å². The highest BCUT2D eigenvalue weighted by Gasteiger charge is 2.31. The molecule has 0 atom stereocenters. The van der Waals surface area contributed by atoms with Crippen molar-refractivity contribution >= 4 is 90.0 Å². The van der Waals surface area contributed by atoms with Gasteiger partial charge in [-0.15, -0.1) is 0 Å². The summed E-state index contributed by atoms with van der Waals surface area (Å²) < 4.78 is 52.6. The molecule has 0 spiro atoms. The summed E-state index contributed by atoms with van der Waals surface area (Å²) in [5.74, 6) is -2.27. The van der Waals surface area contributed by atoms with Crippen molar-refractivity contribution in [3.8, 4) is 11.5 Å². The van der Waals surface area contributed by atoms with Crippen molar-refractivity contribution in [2.45, 2.75) is 78.9 Å². The number of rotatable bonds is 15. The molecular formula is C39H40Br2Cl2F3N3O7. The molecule has 0 aliphatic carbocycles. The highest BCUT2D eigenvalue weighted by Crippen LogP contribution is 2.38. The van der Waals surface area contributed by atoms with Crippen molar-refractivity contribution < 1.29 is 47.2 Å². The summed E-state index contributed by atoms with van der Waals surface area (Å²) in [7, 11) is 0. The number of aryl methyl sites for hydroxylation is 1. The smallest absolute Gasteiger partial charge is 0.416 e. The van der Waals surface area contributed by atoms with E-state index in [1.54, 1.807) is 26.0 Å². The van der Waals surface area contributed by atoms with Crippen molar-refractivity contribution in [2.75, 3.05) is 16.0 Å². The quantitative estimate of drug-likeness (QED) is 0.0735. The van der Waals surface area contributed by atoms with Crippen molar-refractivity contribution in [1.82, 2.24) is 0 Å². The number of carboxylic acid groups (broad SMARTS) is 2. The average molecular weight is 950 g/mol. The molecule has 0 heterocycles. The Balaban J connectivity index is 0.000000307. The summed E-state index contributed by atoms with van der Waals surface area (Å²) in [6, 6.07) is 16.2. The Bertz CT molecular complexity index is 2000. The molecule has 0 saturated heterocycles. The summed E-state index contributed by atoms with van der Waals surface area (Å²) in [4.78, 5) is 33.0. The first kappa shape index (κ1) is 46.2. The number of carbonyl (C=O) groups is 3. The largest absolute Gasteiger partial charge is 0.487 e. The van der Waals surface area contributed by atoms with E-state index in [-0.39, 0.29) is 51.8 Å². The van der Waals surface area contributed by atoms with Gasteiger partial charge >= 0.3 is 18.1 Å². The van der Waals surface area contributed by atoms with Crippen LogP contribution in [0.1, 0.15) is 61.9 Å². The second-order valence-corrected chi connectivity index (χ2v) is 15.7. The van der Waals surface area contributed by atoms with Gasteiger partial charge < -0.3 is 35.6 Å². The number of halogens is 7. The molecule has 0 unspecified atom stereocenters. The number of anilines is 3. The topological polar surface area (TPSA) is 146 Å². The third-order valence-electron chi connectivity index (χ3n) is 7.14. The number of nitrogens with one attached hydrogen (secondary N) is 3. The van der Waals surface area contributed by atoms with E-state index in [1.807, 2.05) is 0 Å². The molecule has 4 aromatic carbocycles. The molecule has 17 heteroatoms. The summed E-state index contributed by atoms with van der Waals surface area (Å²) in [5.41, 5.74) is 3.86. The fraction of sp³-hybridized carbons (Fsp3) is 0.308. The Hall–Kier alpha value is -4.18. The highest BCUT2D eigenvalue weighted by molar-refractivity contribution is 9.11. The number of amides is 1. The minimum Gasteiger partial charge on any atom is -0.487 e. The van der Waals surface area contributed by atoms with Crippen molar-refractivity contribution in [1.29, 1.82) is 0 Å². The highest BCUT2D eigenvalue weighted by atomic mass is 79.9. The zero-order valence-corrected chi connectivity index (χ0v) is 35.5. The zero-order chi connectivity index (χ0) is 41.9. The van der Waals surface area contributed by atoms with Gasteiger partial charge in [0.25, 0.3) is 0 Å². The van der Waals surface area contributed by atoms with E-state index in [9.17, 15) is 27.6 Å². The molecule has 0 saturated carbocycles. The molecule has 302 valence electrons. The number of hydrogen-bond acceptors (Lipinski definition) is 7. The van der Waals surface area contributed by atoms with Crippen LogP contribution in [0.2, 0.25) is 10.0 Å². The molecule has 56 heavy (non-hydrogen) atoms. The molecule has 5 N–H and O–H groups in total. The van der Waals surface area contributed by atoms with Crippen LogP contribution in [0.4, 0.5) is 30.2 Å². The molecule has 0 bridgehead atoms. The Labute approximate surface area is 349 Å². The average Bonchev–Trinajstić information content (AvgIpc) is 3.02. The molecule has 10 nitrogen and oxygen atoms in total. The maximum atomic E-state index is 13.2. The number of aliphatic carboxylic acids is 2. The van der Waals surface area contributed by atoms with E-state index in [0.717, 1.165) is 32.3 Å². The van der Waals surface area contributed by atoms with Gasteiger partial charge in [-0.1, -0.05) is 29.3 Å². The standard InChI is InChI=1S/C20H19Cl2F3N2O4.C19H21Br2NO3/c1-10(2)26-13-4-11(3-12(5-13)20(23,24)25)9-31-19-15(21)6-14(7-16(19)22)27-17(28)8-18(29)30;1-11(2)22-15-5-12(3)4-14(6-15)10-25-19-16(20)7-13(8-17(19)21)9-18(23)24/h3-7,10,26H,8-9H2,1-2H3,(H,27,28)(H,29,30);4-8,11,22H,9-10H2,1-3H3,(H,23,24). The molecule has 0 aliphatic rings. The third-order valence-corrected chi connectivity index (χ3v) is 8.88. The molecule has 1 amide bonds. The number of hydrogen-bond donors (Lipinski definition) is 5. The van der Waals surface area contributed by atoms with Crippen molar-refractivity contribution in [3.63, 3.8) is 0 Å². The van der Waals surface area contributed by atoms with Crippen LogP contribution in [0.5, 0.6) is 11.5 Å².